The Morgan fingerprint density at radius 1 is 1.11 bits per heavy atom. The van der Waals surface area contributed by atoms with Gasteiger partial charge in [0.05, 0.1) is 6.61 Å². The number of aryl methyl sites for hydroxylation is 1. The number of benzene rings is 1. The Hall–Kier alpha value is -1.24. The summed E-state index contributed by atoms with van der Waals surface area (Å²) in [5.74, 6) is 1.07. The molecule has 0 bridgehead atoms. The molecule has 0 fully saturated rings. The molecule has 1 nitrogen and oxygen atoms in total. The van der Waals surface area contributed by atoms with Crippen LogP contribution in [0, 0.1) is 0 Å². The largest absolute Gasteiger partial charge is 0.493 e. The number of unbranched alkanes of at least 4 members (excludes halogenated alkanes) is 4. The molecule has 1 rings (SSSR count). The molecule has 0 radical (unpaired) electrons. The van der Waals surface area contributed by atoms with E-state index >= 15 is 0 Å². The minimum Gasteiger partial charge on any atom is -0.493 e. The van der Waals surface area contributed by atoms with Crippen LogP contribution in [-0.2, 0) is 6.42 Å². The highest BCUT2D eigenvalue weighted by molar-refractivity contribution is 5.33. The molecule has 0 aliphatic heterocycles. The first kappa shape index (κ1) is 14.8. The third-order valence-electron chi connectivity index (χ3n) is 3.04. The first-order valence-electron chi connectivity index (χ1n) is 7.20. The van der Waals surface area contributed by atoms with Crippen molar-refractivity contribution in [2.45, 2.75) is 51.9 Å². The molecule has 0 aliphatic rings. The van der Waals surface area contributed by atoms with Crippen molar-refractivity contribution in [2.75, 3.05) is 6.61 Å². The lowest BCUT2D eigenvalue weighted by atomic mass is 10.0. The van der Waals surface area contributed by atoms with Crippen LogP contribution >= 0.6 is 0 Å². The zero-order valence-corrected chi connectivity index (χ0v) is 11.7. The maximum Gasteiger partial charge on any atom is 0.122 e. The Balaban J connectivity index is 2.29. The Morgan fingerprint density at radius 2 is 1.89 bits per heavy atom. The quantitative estimate of drug-likeness (QED) is 0.409. The van der Waals surface area contributed by atoms with Crippen molar-refractivity contribution in [3.63, 3.8) is 0 Å². The van der Waals surface area contributed by atoms with E-state index in [9.17, 15) is 0 Å². The van der Waals surface area contributed by atoms with E-state index in [1.54, 1.807) is 0 Å². The fourth-order valence-corrected chi connectivity index (χ4v) is 2.02. The molecule has 1 aromatic carbocycles. The standard InChI is InChI=1S/C17H26O/c1-3-5-6-7-8-9-12-16-13-10-11-14-17(16)18-15-4-2/h3,10-11,13-14H,1,4-9,12,15H2,2H3. The Kier molecular flexibility index (Phi) is 8.03. The van der Waals surface area contributed by atoms with Gasteiger partial charge in [-0.2, -0.15) is 0 Å². The van der Waals surface area contributed by atoms with Gasteiger partial charge in [0.15, 0.2) is 0 Å². The molecule has 100 valence electrons. The molecular formula is C17H26O. The predicted octanol–water partition coefficient (Wildman–Crippen LogP) is 5.15. The Morgan fingerprint density at radius 3 is 2.67 bits per heavy atom. The molecule has 18 heavy (non-hydrogen) atoms. The van der Waals surface area contributed by atoms with Crippen LogP contribution in [0.2, 0.25) is 0 Å². The van der Waals surface area contributed by atoms with E-state index in [-0.39, 0.29) is 0 Å². The zero-order chi connectivity index (χ0) is 13.1. The first-order chi connectivity index (χ1) is 8.88. The van der Waals surface area contributed by atoms with Gasteiger partial charge < -0.3 is 4.74 Å². The van der Waals surface area contributed by atoms with Crippen molar-refractivity contribution in [1.82, 2.24) is 0 Å². The third kappa shape index (κ3) is 5.90. The summed E-state index contributed by atoms with van der Waals surface area (Å²) in [5, 5.41) is 0. The number of rotatable bonds is 10. The molecule has 0 amide bonds. The maximum absolute atomic E-state index is 5.77. The van der Waals surface area contributed by atoms with Crippen molar-refractivity contribution >= 4 is 0 Å². The molecule has 0 N–H and O–H groups in total. The molecule has 0 aromatic heterocycles. The van der Waals surface area contributed by atoms with Crippen LogP contribution in [-0.4, -0.2) is 6.61 Å². The smallest absolute Gasteiger partial charge is 0.122 e. The average Bonchev–Trinajstić information content (AvgIpc) is 2.41. The lowest BCUT2D eigenvalue weighted by molar-refractivity contribution is 0.314. The highest BCUT2D eigenvalue weighted by atomic mass is 16.5. The van der Waals surface area contributed by atoms with E-state index in [4.69, 9.17) is 4.74 Å². The van der Waals surface area contributed by atoms with Crippen molar-refractivity contribution in [2.24, 2.45) is 0 Å². The normalized spacial score (nSPS) is 10.3. The fraction of sp³-hybridized carbons (Fsp3) is 0.529. The van der Waals surface area contributed by atoms with E-state index in [1.807, 2.05) is 6.08 Å². The molecule has 0 atom stereocenters. The summed E-state index contributed by atoms with van der Waals surface area (Å²) in [6, 6.07) is 8.43. The highest BCUT2D eigenvalue weighted by Gasteiger charge is 2.02. The molecule has 1 aromatic rings. The van der Waals surface area contributed by atoms with Gasteiger partial charge in [0.2, 0.25) is 0 Å². The zero-order valence-electron chi connectivity index (χ0n) is 11.7. The van der Waals surface area contributed by atoms with Crippen LogP contribution in [0.1, 0.15) is 51.0 Å². The Bertz CT molecular complexity index is 330. The number of ether oxygens (including phenoxy) is 1. The summed E-state index contributed by atoms with van der Waals surface area (Å²) in [7, 11) is 0. The van der Waals surface area contributed by atoms with Gasteiger partial charge in [0.25, 0.3) is 0 Å². The van der Waals surface area contributed by atoms with Crippen LogP contribution < -0.4 is 4.74 Å². The highest BCUT2D eigenvalue weighted by Crippen LogP contribution is 2.20. The summed E-state index contributed by atoms with van der Waals surface area (Å²) in [6.45, 7) is 6.71. The van der Waals surface area contributed by atoms with Crippen LogP contribution in [0.3, 0.4) is 0 Å². The van der Waals surface area contributed by atoms with Gasteiger partial charge in [-0.05, 0) is 43.7 Å². The molecule has 0 saturated heterocycles. The summed E-state index contributed by atoms with van der Waals surface area (Å²) >= 11 is 0. The summed E-state index contributed by atoms with van der Waals surface area (Å²) in [5.41, 5.74) is 1.36. The average molecular weight is 246 g/mol. The summed E-state index contributed by atoms with van der Waals surface area (Å²) in [4.78, 5) is 0. The number of allylic oxidation sites excluding steroid dienone is 1. The summed E-state index contributed by atoms with van der Waals surface area (Å²) in [6.07, 6.45) is 10.5. The van der Waals surface area contributed by atoms with Crippen LogP contribution in [0.4, 0.5) is 0 Å². The molecule has 0 saturated carbocycles. The predicted molar refractivity (Wildman–Crippen MR) is 79.2 cm³/mol. The lowest BCUT2D eigenvalue weighted by Crippen LogP contribution is -1.98. The van der Waals surface area contributed by atoms with Gasteiger partial charge in [-0.25, -0.2) is 0 Å². The van der Waals surface area contributed by atoms with Crippen molar-refractivity contribution < 1.29 is 4.74 Å². The second-order valence-corrected chi connectivity index (χ2v) is 4.70. The van der Waals surface area contributed by atoms with E-state index in [1.165, 1.54) is 31.2 Å². The Labute approximate surface area is 112 Å². The second-order valence-electron chi connectivity index (χ2n) is 4.70. The monoisotopic (exact) mass is 246 g/mol. The summed E-state index contributed by atoms with van der Waals surface area (Å²) < 4.78 is 5.77. The van der Waals surface area contributed by atoms with E-state index < -0.39 is 0 Å². The molecule has 0 unspecified atom stereocenters. The van der Waals surface area contributed by atoms with Crippen molar-refractivity contribution in [3.05, 3.63) is 42.5 Å². The topological polar surface area (TPSA) is 9.23 Å². The SMILES string of the molecule is C=CCCCCCCc1ccccc1OCCC. The van der Waals surface area contributed by atoms with Gasteiger partial charge >= 0.3 is 0 Å². The van der Waals surface area contributed by atoms with E-state index in [0.717, 1.165) is 31.6 Å². The third-order valence-corrected chi connectivity index (χ3v) is 3.04. The molecule has 0 heterocycles. The van der Waals surface area contributed by atoms with Gasteiger partial charge in [-0.1, -0.05) is 44.0 Å². The maximum atomic E-state index is 5.77. The van der Waals surface area contributed by atoms with Gasteiger partial charge in [-0.15, -0.1) is 6.58 Å². The van der Waals surface area contributed by atoms with E-state index in [2.05, 4.69) is 37.8 Å². The molecule has 0 spiro atoms. The fourth-order valence-electron chi connectivity index (χ4n) is 2.02. The minimum absolute atomic E-state index is 0.816. The van der Waals surface area contributed by atoms with Gasteiger partial charge in [0.1, 0.15) is 5.75 Å². The van der Waals surface area contributed by atoms with Crippen molar-refractivity contribution in [1.29, 1.82) is 0 Å². The first-order valence-corrected chi connectivity index (χ1v) is 7.20. The van der Waals surface area contributed by atoms with Crippen LogP contribution in [0.5, 0.6) is 5.75 Å². The van der Waals surface area contributed by atoms with Crippen molar-refractivity contribution in [3.8, 4) is 5.75 Å². The van der Waals surface area contributed by atoms with Gasteiger partial charge in [-0.3, -0.25) is 0 Å². The van der Waals surface area contributed by atoms with Crippen LogP contribution in [0.25, 0.3) is 0 Å². The molecule has 0 aliphatic carbocycles. The van der Waals surface area contributed by atoms with Gasteiger partial charge in [0, 0.05) is 0 Å². The van der Waals surface area contributed by atoms with Crippen LogP contribution in [0.15, 0.2) is 36.9 Å². The minimum atomic E-state index is 0.816. The molecular weight excluding hydrogens is 220 g/mol. The molecule has 1 heteroatoms. The van der Waals surface area contributed by atoms with E-state index in [0.29, 0.717) is 0 Å². The number of hydrogen-bond acceptors (Lipinski definition) is 1. The number of hydrogen-bond donors (Lipinski definition) is 0. The lowest BCUT2D eigenvalue weighted by Gasteiger charge is -2.10. The number of para-hydroxylation sites is 1. The second kappa shape index (κ2) is 9.76.